The van der Waals surface area contributed by atoms with Crippen molar-refractivity contribution in [2.24, 2.45) is 10.8 Å². The summed E-state index contributed by atoms with van der Waals surface area (Å²) < 4.78 is 9.73. The minimum atomic E-state index is -1.50. The number of methoxy groups -OCH3 is 2. The van der Waals surface area contributed by atoms with Gasteiger partial charge in [-0.2, -0.15) is 0 Å². The van der Waals surface area contributed by atoms with Gasteiger partial charge in [0.05, 0.1) is 14.2 Å². The second-order valence-corrected chi connectivity index (χ2v) is 5.80. The molecule has 0 radical (unpaired) electrons. The number of carbonyl (C=O) groups is 2. The third-order valence-corrected chi connectivity index (χ3v) is 4.06. The third kappa shape index (κ3) is 4.37. The van der Waals surface area contributed by atoms with Crippen molar-refractivity contribution in [3.63, 3.8) is 0 Å². The monoisotopic (exact) mass is 308 g/mol. The molecule has 0 atom stereocenters. The van der Waals surface area contributed by atoms with Gasteiger partial charge < -0.3 is 9.47 Å². The Morgan fingerprint density at radius 1 is 1.09 bits per heavy atom. The lowest BCUT2D eigenvalue weighted by molar-refractivity contribution is -0.176. The van der Waals surface area contributed by atoms with Gasteiger partial charge in [0.15, 0.2) is 5.41 Å². The molecule has 0 amide bonds. The van der Waals surface area contributed by atoms with Crippen molar-refractivity contribution in [1.29, 1.82) is 0 Å². The predicted molar refractivity (Wildman–Crippen MR) is 87.0 cm³/mol. The first kappa shape index (κ1) is 20.2. The lowest BCUT2D eigenvalue weighted by Crippen LogP contribution is -2.51. The minimum Gasteiger partial charge on any atom is -0.468 e. The number of esters is 2. The lowest BCUT2D eigenvalue weighted by Gasteiger charge is -2.38. The fourth-order valence-electron chi connectivity index (χ4n) is 2.25. The molecule has 4 nitrogen and oxygen atoms in total. The van der Waals surface area contributed by atoms with Gasteiger partial charge in [0.1, 0.15) is 0 Å². The average Bonchev–Trinajstić information content (AvgIpc) is 2.52. The first-order chi connectivity index (χ1) is 10.3. The molecule has 0 fully saturated rings. The van der Waals surface area contributed by atoms with Gasteiger partial charge in [0.25, 0.3) is 0 Å². The Labute approximate surface area is 134 Å². The second kappa shape index (κ2) is 9.30. The maximum atomic E-state index is 12.4. The SMILES string of the molecule is C=CC(C)(C)C(CC#CCCCCC)(C(=O)OC)C(=O)OC. The number of carbonyl (C=O) groups excluding carboxylic acids is 2. The van der Waals surface area contributed by atoms with Crippen molar-refractivity contribution in [1.82, 2.24) is 0 Å². The molecule has 0 aromatic carbocycles. The van der Waals surface area contributed by atoms with Crippen molar-refractivity contribution in [3.05, 3.63) is 12.7 Å². The number of allylic oxidation sites excluding steroid dienone is 1. The molecule has 124 valence electrons. The van der Waals surface area contributed by atoms with Gasteiger partial charge in [0.2, 0.25) is 0 Å². The van der Waals surface area contributed by atoms with Gasteiger partial charge in [0, 0.05) is 18.3 Å². The topological polar surface area (TPSA) is 52.6 Å². The van der Waals surface area contributed by atoms with E-state index >= 15 is 0 Å². The number of hydrogen-bond donors (Lipinski definition) is 0. The van der Waals surface area contributed by atoms with E-state index in [1.165, 1.54) is 14.2 Å². The summed E-state index contributed by atoms with van der Waals surface area (Å²) in [5, 5.41) is 0. The normalized spacial score (nSPS) is 11.1. The van der Waals surface area contributed by atoms with Gasteiger partial charge in [-0.25, -0.2) is 0 Å². The van der Waals surface area contributed by atoms with Crippen LogP contribution in [0.2, 0.25) is 0 Å². The van der Waals surface area contributed by atoms with E-state index in [-0.39, 0.29) is 6.42 Å². The average molecular weight is 308 g/mol. The highest BCUT2D eigenvalue weighted by Crippen LogP contribution is 2.45. The zero-order chi connectivity index (χ0) is 17.2. The van der Waals surface area contributed by atoms with Crippen LogP contribution in [0.25, 0.3) is 0 Å². The largest absolute Gasteiger partial charge is 0.468 e. The molecule has 0 spiro atoms. The number of unbranched alkanes of at least 4 members (excludes halogenated alkanes) is 3. The Balaban J connectivity index is 5.52. The molecular weight excluding hydrogens is 280 g/mol. The molecule has 0 aromatic heterocycles. The molecule has 0 rings (SSSR count). The van der Waals surface area contributed by atoms with Crippen LogP contribution < -0.4 is 0 Å². The molecule has 0 saturated carbocycles. The van der Waals surface area contributed by atoms with Gasteiger partial charge >= 0.3 is 11.9 Å². The van der Waals surface area contributed by atoms with E-state index in [2.05, 4.69) is 25.3 Å². The van der Waals surface area contributed by atoms with Crippen LogP contribution in [0.1, 0.15) is 52.9 Å². The zero-order valence-electron chi connectivity index (χ0n) is 14.5. The highest BCUT2D eigenvalue weighted by molar-refractivity contribution is 6.01. The summed E-state index contributed by atoms with van der Waals surface area (Å²) in [6.45, 7) is 9.37. The quantitative estimate of drug-likeness (QED) is 0.226. The van der Waals surface area contributed by atoms with Crippen LogP contribution in [0.15, 0.2) is 12.7 Å². The van der Waals surface area contributed by atoms with Crippen LogP contribution in [-0.2, 0) is 19.1 Å². The molecule has 0 heterocycles. The number of hydrogen-bond acceptors (Lipinski definition) is 4. The number of ether oxygens (including phenoxy) is 2. The first-order valence-corrected chi connectivity index (χ1v) is 7.60. The molecule has 0 unspecified atom stereocenters. The first-order valence-electron chi connectivity index (χ1n) is 7.60. The van der Waals surface area contributed by atoms with Gasteiger partial charge in [-0.05, 0) is 6.42 Å². The second-order valence-electron chi connectivity index (χ2n) is 5.80. The lowest BCUT2D eigenvalue weighted by atomic mass is 9.63. The molecule has 0 saturated heterocycles. The minimum absolute atomic E-state index is 0.0531. The maximum absolute atomic E-state index is 12.4. The Kier molecular flexibility index (Phi) is 8.55. The van der Waals surface area contributed by atoms with E-state index < -0.39 is 22.8 Å². The summed E-state index contributed by atoms with van der Waals surface area (Å²) >= 11 is 0. The molecule has 0 aliphatic carbocycles. The van der Waals surface area contributed by atoms with Crippen LogP contribution in [0.5, 0.6) is 0 Å². The molecule has 0 aliphatic rings. The van der Waals surface area contributed by atoms with Gasteiger partial charge in [-0.3, -0.25) is 9.59 Å². The standard InChI is InChI=1S/C18H28O4/c1-7-9-10-11-12-13-14-18(15(19)21-5,16(20)22-6)17(3,4)8-2/h8H,2,7,9-11,14H2,1,3-6H3. The van der Waals surface area contributed by atoms with Crippen molar-refractivity contribution in [3.8, 4) is 11.8 Å². The summed E-state index contributed by atoms with van der Waals surface area (Å²) in [7, 11) is 2.52. The van der Waals surface area contributed by atoms with Crippen molar-refractivity contribution >= 4 is 11.9 Å². The summed E-state index contributed by atoms with van der Waals surface area (Å²) in [6, 6.07) is 0. The molecule has 0 N–H and O–H groups in total. The van der Waals surface area contributed by atoms with Crippen LogP contribution in [0.4, 0.5) is 0 Å². The van der Waals surface area contributed by atoms with Crippen LogP contribution in [0.3, 0.4) is 0 Å². The van der Waals surface area contributed by atoms with Crippen molar-refractivity contribution < 1.29 is 19.1 Å². The fourth-order valence-corrected chi connectivity index (χ4v) is 2.25. The van der Waals surface area contributed by atoms with Crippen molar-refractivity contribution in [2.75, 3.05) is 14.2 Å². The molecular formula is C18H28O4. The zero-order valence-corrected chi connectivity index (χ0v) is 14.5. The Morgan fingerprint density at radius 2 is 1.64 bits per heavy atom. The summed E-state index contributed by atoms with van der Waals surface area (Å²) in [6.07, 6.45) is 5.63. The maximum Gasteiger partial charge on any atom is 0.325 e. The molecule has 0 aromatic rings. The predicted octanol–water partition coefficient (Wildman–Crippen LogP) is 3.50. The fraction of sp³-hybridized carbons (Fsp3) is 0.667. The van der Waals surface area contributed by atoms with E-state index in [9.17, 15) is 9.59 Å². The molecule has 0 bridgehead atoms. The Morgan fingerprint density at radius 3 is 2.05 bits per heavy atom. The van der Waals surface area contributed by atoms with E-state index in [1.54, 1.807) is 19.9 Å². The number of rotatable bonds is 8. The van der Waals surface area contributed by atoms with Crippen LogP contribution in [-0.4, -0.2) is 26.2 Å². The van der Waals surface area contributed by atoms with E-state index in [0.29, 0.717) is 0 Å². The third-order valence-electron chi connectivity index (χ3n) is 4.06. The smallest absolute Gasteiger partial charge is 0.325 e. The van der Waals surface area contributed by atoms with E-state index in [0.717, 1.165) is 25.7 Å². The van der Waals surface area contributed by atoms with E-state index in [4.69, 9.17) is 9.47 Å². The van der Waals surface area contributed by atoms with Crippen molar-refractivity contribution in [2.45, 2.75) is 52.9 Å². The van der Waals surface area contributed by atoms with Gasteiger partial charge in [-0.15, -0.1) is 18.4 Å². The summed E-state index contributed by atoms with van der Waals surface area (Å²) in [5.74, 6) is 4.69. The Bertz CT molecular complexity index is 435. The molecule has 4 heteroatoms. The van der Waals surface area contributed by atoms with Crippen LogP contribution >= 0.6 is 0 Å². The molecule has 0 aliphatic heterocycles. The van der Waals surface area contributed by atoms with Gasteiger partial charge in [-0.1, -0.05) is 39.7 Å². The highest BCUT2D eigenvalue weighted by atomic mass is 16.5. The summed E-state index contributed by atoms with van der Waals surface area (Å²) in [4.78, 5) is 24.7. The van der Waals surface area contributed by atoms with E-state index in [1.807, 2.05) is 0 Å². The van der Waals surface area contributed by atoms with Crippen LogP contribution in [0, 0.1) is 22.7 Å². The Hall–Kier alpha value is -1.76. The highest BCUT2D eigenvalue weighted by Gasteiger charge is 2.57. The molecule has 22 heavy (non-hydrogen) atoms. The summed E-state index contributed by atoms with van der Waals surface area (Å²) in [5.41, 5.74) is -2.35.